The number of hydrogen-bond acceptors (Lipinski definition) is 1. The van der Waals surface area contributed by atoms with Gasteiger partial charge in [-0.3, -0.25) is 0 Å². The Labute approximate surface area is 172 Å². The second kappa shape index (κ2) is 6.97. The summed E-state index contributed by atoms with van der Waals surface area (Å²) < 4.78 is 5.90. The molecule has 0 amide bonds. The molecule has 0 radical (unpaired) electrons. The molecule has 0 bridgehead atoms. The van der Waals surface area contributed by atoms with E-state index in [4.69, 9.17) is 4.98 Å². The number of benzene rings is 3. The third-order valence-corrected chi connectivity index (χ3v) is 7.29. The fourth-order valence-electron chi connectivity index (χ4n) is 3.20. The average molecular weight is 478 g/mol. The van der Waals surface area contributed by atoms with E-state index >= 15 is 0 Å². The summed E-state index contributed by atoms with van der Waals surface area (Å²) in [5.41, 5.74) is 3.23. The Morgan fingerprint density at radius 2 is 1.56 bits per heavy atom. The van der Waals surface area contributed by atoms with Gasteiger partial charge in [-0.2, -0.15) is 0 Å². The Bertz CT molecular complexity index is 1230. The first-order valence-electron chi connectivity index (χ1n) is 8.67. The van der Waals surface area contributed by atoms with Crippen LogP contribution in [0.15, 0.2) is 95.7 Å². The first-order valence-corrected chi connectivity index (χ1v) is 11.2. The van der Waals surface area contributed by atoms with Crippen molar-refractivity contribution in [2.24, 2.45) is 0 Å². The van der Waals surface area contributed by atoms with Crippen molar-refractivity contribution in [2.75, 3.05) is 0 Å². The molecule has 4 heteroatoms. The zero-order valence-corrected chi connectivity index (χ0v) is 17.6. The Hall–Kier alpha value is -2.39. The molecule has 2 aromatic heterocycles. The molecule has 0 aliphatic heterocycles. The number of aromatic nitrogens is 2. The van der Waals surface area contributed by atoms with Gasteiger partial charge in [0.1, 0.15) is 0 Å². The molecule has 0 atom stereocenters. The normalized spacial score (nSPS) is 11.3. The molecule has 0 aliphatic rings. The van der Waals surface area contributed by atoms with Gasteiger partial charge in [0.25, 0.3) is 0 Å². The van der Waals surface area contributed by atoms with Crippen LogP contribution in [0.1, 0.15) is 0 Å². The first kappa shape index (κ1) is 16.8. The minimum absolute atomic E-state index is 0.204. The Balaban J connectivity index is 1.69. The second-order valence-corrected chi connectivity index (χ2v) is 9.60. The van der Waals surface area contributed by atoms with Gasteiger partial charge in [0, 0.05) is 0 Å². The van der Waals surface area contributed by atoms with Gasteiger partial charge in [-0.1, -0.05) is 0 Å². The van der Waals surface area contributed by atoms with Gasteiger partial charge in [-0.05, 0) is 0 Å². The summed E-state index contributed by atoms with van der Waals surface area (Å²) in [6.07, 6.45) is 4.17. The fourth-order valence-corrected chi connectivity index (χ4v) is 5.53. The van der Waals surface area contributed by atoms with Crippen molar-refractivity contribution in [1.29, 1.82) is 0 Å². The number of pyridine rings is 1. The predicted molar refractivity (Wildman–Crippen MR) is 117 cm³/mol. The van der Waals surface area contributed by atoms with Crippen LogP contribution in [0.4, 0.5) is 0 Å². The minimum atomic E-state index is 0.204. The average Bonchev–Trinajstić information content (AvgIpc) is 3.13. The zero-order valence-electron chi connectivity index (χ0n) is 14.3. The van der Waals surface area contributed by atoms with Gasteiger partial charge >= 0.3 is 173 Å². The number of imidazole rings is 1. The van der Waals surface area contributed by atoms with Gasteiger partial charge in [0.2, 0.25) is 0 Å². The number of hydrogen-bond donors (Lipinski definition) is 0. The van der Waals surface area contributed by atoms with Crippen LogP contribution in [0.5, 0.6) is 0 Å². The summed E-state index contributed by atoms with van der Waals surface area (Å²) in [6.45, 7) is 0. The number of nitrogens with zero attached hydrogens (tertiary/aromatic N) is 2. The van der Waals surface area contributed by atoms with Crippen molar-refractivity contribution in [1.82, 2.24) is 9.38 Å². The molecule has 0 unspecified atom stereocenters. The Kier molecular flexibility index (Phi) is 4.33. The predicted octanol–water partition coefficient (Wildman–Crippen LogP) is 4.57. The molecule has 0 N–H and O–H groups in total. The van der Waals surface area contributed by atoms with Crippen LogP contribution in [-0.2, 0) is 0 Å². The van der Waals surface area contributed by atoms with Crippen LogP contribution in [0.3, 0.4) is 0 Å². The summed E-state index contributed by atoms with van der Waals surface area (Å²) in [6, 6.07) is 27.9. The third kappa shape index (κ3) is 3.32. The summed E-state index contributed by atoms with van der Waals surface area (Å²) in [7, 11) is 0. The van der Waals surface area contributed by atoms with E-state index in [0.29, 0.717) is 0 Å². The molecule has 5 rings (SSSR count). The molecule has 2 heterocycles. The van der Waals surface area contributed by atoms with Crippen molar-refractivity contribution < 1.29 is 0 Å². The topological polar surface area (TPSA) is 17.3 Å². The zero-order chi connectivity index (χ0) is 18.2. The quantitative estimate of drug-likeness (QED) is 0.348. The van der Waals surface area contributed by atoms with Crippen molar-refractivity contribution in [3.05, 3.63) is 95.7 Å². The fraction of sp³-hybridized carbons (Fsp3) is 0. The molecule has 3 aromatic carbocycles. The van der Waals surface area contributed by atoms with Crippen LogP contribution in [0, 0.1) is 0 Å². The third-order valence-electron chi connectivity index (χ3n) is 4.53. The molecule has 27 heavy (non-hydrogen) atoms. The van der Waals surface area contributed by atoms with E-state index in [0.717, 1.165) is 15.8 Å². The van der Waals surface area contributed by atoms with E-state index in [1.807, 2.05) is 24.4 Å². The number of halogens is 1. The van der Waals surface area contributed by atoms with Gasteiger partial charge in [-0.25, -0.2) is 0 Å². The van der Waals surface area contributed by atoms with E-state index in [9.17, 15) is 0 Å². The van der Waals surface area contributed by atoms with Crippen molar-refractivity contribution >= 4 is 56.2 Å². The molecule has 0 aliphatic carbocycles. The molecule has 0 saturated carbocycles. The molecule has 2 nitrogen and oxygen atoms in total. The molecule has 0 fully saturated rings. The van der Waals surface area contributed by atoms with Gasteiger partial charge in [0.15, 0.2) is 0 Å². The summed E-state index contributed by atoms with van der Waals surface area (Å²) >= 11 is 3.73. The van der Waals surface area contributed by atoms with Crippen molar-refractivity contribution in [3.63, 3.8) is 0 Å². The monoisotopic (exact) mass is 478 g/mol. The molecule has 0 saturated heterocycles. The maximum absolute atomic E-state index is 4.87. The van der Waals surface area contributed by atoms with Gasteiger partial charge < -0.3 is 0 Å². The maximum atomic E-state index is 4.87. The second-order valence-electron chi connectivity index (χ2n) is 6.34. The molecule has 5 aromatic rings. The molecule has 130 valence electrons. The van der Waals surface area contributed by atoms with Crippen LogP contribution in [-0.4, -0.2) is 24.3 Å². The Morgan fingerprint density at radius 3 is 2.33 bits per heavy atom. The van der Waals surface area contributed by atoms with Crippen LogP contribution >= 0.6 is 15.9 Å². The van der Waals surface area contributed by atoms with Gasteiger partial charge in [-0.15, -0.1) is 0 Å². The Morgan fingerprint density at radius 1 is 0.815 bits per heavy atom. The van der Waals surface area contributed by atoms with E-state index < -0.39 is 0 Å². The molecular formula is C23H15BrN2Se. The standard InChI is InChI=1S/C23H15BrN2Se/c24-18-8-10-19(11-9-18)27-22-14-17-6-2-1-5-16(17)13-20(22)21-15-26-12-4-3-7-23(26)25-21/h1-15H. The van der Waals surface area contributed by atoms with Gasteiger partial charge in [0.05, 0.1) is 0 Å². The summed E-state index contributed by atoms with van der Waals surface area (Å²) in [5, 5.41) is 2.53. The number of rotatable bonds is 3. The van der Waals surface area contributed by atoms with E-state index in [1.165, 1.54) is 25.3 Å². The van der Waals surface area contributed by atoms with Crippen molar-refractivity contribution in [3.8, 4) is 11.3 Å². The molecular weight excluding hydrogens is 463 g/mol. The first-order chi connectivity index (χ1) is 13.3. The summed E-state index contributed by atoms with van der Waals surface area (Å²) in [4.78, 5) is 4.87. The van der Waals surface area contributed by atoms with Crippen LogP contribution in [0.25, 0.3) is 27.7 Å². The van der Waals surface area contributed by atoms with E-state index in [-0.39, 0.29) is 15.0 Å². The number of fused-ring (bicyclic) bond motifs is 2. The van der Waals surface area contributed by atoms with E-state index in [1.54, 1.807) is 0 Å². The van der Waals surface area contributed by atoms with Crippen molar-refractivity contribution in [2.45, 2.75) is 0 Å². The van der Waals surface area contributed by atoms with E-state index in [2.05, 4.69) is 87.2 Å². The van der Waals surface area contributed by atoms with Crippen LogP contribution < -0.4 is 8.92 Å². The van der Waals surface area contributed by atoms with Crippen LogP contribution in [0.2, 0.25) is 0 Å². The summed E-state index contributed by atoms with van der Waals surface area (Å²) in [5.74, 6) is 0. The molecule has 0 spiro atoms. The SMILES string of the molecule is Brc1ccc([Se]c2cc3ccccc3cc2-c2cn3ccccc3n2)cc1.